The first-order valence-electron chi connectivity index (χ1n) is 14.4. The minimum Gasteiger partial charge on any atom is -0.352 e. The Labute approximate surface area is 236 Å². The molecule has 4 aromatic rings. The van der Waals surface area contributed by atoms with Crippen molar-refractivity contribution in [1.29, 1.82) is 0 Å². The summed E-state index contributed by atoms with van der Waals surface area (Å²) in [5.41, 5.74) is 7.46. The van der Waals surface area contributed by atoms with Gasteiger partial charge in [0.05, 0.1) is 12.5 Å². The quantitative estimate of drug-likeness (QED) is 0.337. The van der Waals surface area contributed by atoms with Gasteiger partial charge in [0.1, 0.15) is 0 Å². The highest BCUT2D eigenvalue weighted by Crippen LogP contribution is 2.22. The van der Waals surface area contributed by atoms with Gasteiger partial charge in [-0.15, -0.1) is 0 Å². The standard InChI is InChI=1S/C33H37N5O2/c1-24-7-4-12-28(17-24)32-35-31(40-36-32)23-37-15-6-13-30(22-37)33(39)34-19-25-8-5-9-26(18-25)20-38-16-14-27-10-2-3-11-29(27)21-38/h2-5,7-12,17-18,30H,6,13-16,19-23H2,1H3,(H,34,39). The number of piperidine rings is 1. The maximum absolute atomic E-state index is 13.1. The van der Waals surface area contributed by atoms with Crippen molar-refractivity contribution < 1.29 is 9.32 Å². The molecule has 40 heavy (non-hydrogen) atoms. The molecule has 1 fully saturated rings. The van der Waals surface area contributed by atoms with Gasteiger partial charge in [-0.2, -0.15) is 4.98 Å². The van der Waals surface area contributed by atoms with Gasteiger partial charge < -0.3 is 9.84 Å². The molecule has 3 aromatic carbocycles. The number of carbonyl (C=O) groups excluding carboxylic acids is 1. The fourth-order valence-electron chi connectivity index (χ4n) is 5.94. The number of likely N-dealkylation sites (tertiary alicyclic amines) is 1. The summed E-state index contributed by atoms with van der Waals surface area (Å²) in [6.45, 7) is 7.78. The van der Waals surface area contributed by atoms with Crippen LogP contribution in [0.4, 0.5) is 0 Å². The number of aryl methyl sites for hydroxylation is 1. The summed E-state index contributed by atoms with van der Waals surface area (Å²) >= 11 is 0. The summed E-state index contributed by atoms with van der Waals surface area (Å²) in [5.74, 6) is 1.28. The first kappa shape index (κ1) is 26.4. The van der Waals surface area contributed by atoms with Crippen LogP contribution in [0, 0.1) is 12.8 Å². The lowest BCUT2D eigenvalue weighted by molar-refractivity contribution is -0.127. The summed E-state index contributed by atoms with van der Waals surface area (Å²) in [6.07, 6.45) is 2.98. The molecule has 0 saturated carbocycles. The molecule has 7 heteroatoms. The van der Waals surface area contributed by atoms with Crippen LogP contribution in [0.15, 0.2) is 77.3 Å². The lowest BCUT2D eigenvalue weighted by Crippen LogP contribution is -2.42. The highest BCUT2D eigenvalue weighted by Gasteiger charge is 2.27. The Morgan fingerprint density at radius 2 is 1.80 bits per heavy atom. The number of hydrogen-bond acceptors (Lipinski definition) is 6. The minimum absolute atomic E-state index is 0.0375. The third-order valence-corrected chi connectivity index (χ3v) is 8.05. The zero-order valence-electron chi connectivity index (χ0n) is 23.2. The molecule has 7 nitrogen and oxygen atoms in total. The molecule has 206 valence electrons. The van der Waals surface area contributed by atoms with E-state index in [1.165, 1.54) is 16.7 Å². The Bertz CT molecular complexity index is 1460. The van der Waals surface area contributed by atoms with Gasteiger partial charge in [0, 0.05) is 38.3 Å². The Morgan fingerprint density at radius 3 is 2.70 bits per heavy atom. The van der Waals surface area contributed by atoms with Gasteiger partial charge in [-0.3, -0.25) is 14.6 Å². The van der Waals surface area contributed by atoms with Crippen LogP contribution in [0.3, 0.4) is 0 Å². The van der Waals surface area contributed by atoms with E-state index in [0.29, 0.717) is 31.3 Å². The van der Waals surface area contributed by atoms with E-state index in [0.717, 1.165) is 62.1 Å². The maximum atomic E-state index is 13.1. The van der Waals surface area contributed by atoms with E-state index in [2.05, 4.69) is 92.8 Å². The fraction of sp³-hybridized carbons (Fsp3) is 0.364. The van der Waals surface area contributed by atoms with E-state index < -0.39 is 0 Å². The van der Waals surface area contributed by atoms with Crippen molar-refractivity contribution in [2.24, 2.45) is 5.92 Å². The van der Waals surface area contributed by atoms with Crippen molar-refractivity contribution in [1.82, 2.24) is 25.3 Å². The molecular weight excluding hydrogens is 498 g/mol. The molecule has 1 amide bonds. The Morgan fingerprint density at radius 1 is 0.950 bits per heavy atom. The Hall–Kier alpha value is -3.81. The lowest BCUT2D eigenvalue weighted by Gasteiger charge is -2.31. The number of carbonyl (C=O) groups is 1. The van der Waals surface area contributed by atoms with E-state index in [-0.39, 0.29) is 11.8 Å². The Balaban J connectivity index is 0.996. The molecule has 1 atom stereocenters. The highest BCUT2D eigenvalue weighted by molar-refractivity contribution is 5.79. The molecule has 0 spiro atoms. The van der Waals surface area contributed by atoms with Gasteiger partial charge in [-0.1, -0.05) is 77.5 Å². The third kappa shape index (κ3) is 6.49. The monoisotopic (exact) mass is 535 g/mol. The molecule has 2 aliphatic heterocycles. The maximum Gasteiger partial charge on any atom is 0.241 e. The molecule has 2 aliphatic rings. The summed E-state index contributed by atoms with van der Waals surface area (Å²) in [4.78, 5) is 22.5. The van der Waals surface area contributed by atoms with Crippen molar-refractivity contribution in [2.45, 2.75) is 52.4 Å². The normalized spacial score (nSPS) is 17.9. The van der Waals surface area contributed by atoms with E-state index in [4.69, 9.17) is 4.52 Å². The smallest absolute Gasteiger partial charge is 0.241 e. The van der Waals surface area contributed by atoms with Gasteiger partial charge >= 0.3 is 0 Å². The number of nitrogens with one attached hydrogen (secondary N) is 1. The number of rotatable bonds is 8. The average Bonchev–Trinajstić information content (AvgIpc) is 3.45. The molecule has 0 radical (unpaired) electrons. The third-order valence-electron chi connectivity index (χ3n) is 8.05. The average molecular weight is 536 g/mol. The highest BCUT2D eigenvalue weighted by atomic mass is 16.5. The van der Waals surface area contributed by atoms with Gasteiger partial charge in [-0.25, -0.2) is 0 Å². The van der Waals surface area contributed by atoms with E-state index in [9.17, 15) is 4.79 Å². The first-order chi connectivity index (χ1) is 19.6. The summed E-state index contributed by atoms with van der Waals surface area (Å²) < 4.78 is 5.54. The molecule has 1 N–H and O–H groups in total. The van der Waals surface area contributed by atoms with Crippen LogP contribution in [0.1, 0.15) is 46.5 Å². The van der Waals surface area contributed by atoms with E-state index >= 15 is 0 Å². The van der Waals surface area contributed by atoms with Crippen LogP contribution in [-0.2, 0) is 37.4 Å². The van der Waals surface area contributed by atoms with Crippen molar-refractivity contribution in [3.05, 3.63) is 107 Å². The van der Waals surface area contributed by atoms with Gasteiger partial charge in [0.2, 0.25) is 17.6 Å². The van der Waals surface area contributed by atoms with Crippen LogP contribution in [0.2, 0.25) is 0 Å². The molecular formula is C33H37N5O2. The molecule has 1 aromatic heterocycles. The van der Waals surface area contributed by atoms with Crippen LogP contribution in [0.25, 0.3) is 11.4 Å². The van der Waals surface area contributed by atoms with Crippen molar-refractivity contribution in [3.63, 3.8) is 0 Å². The van der Waals surface area contributed by atoms with E-state index in [1.807, 2.05) is 12.1 Å². The SMILES string of the molecule is Cc1cccc(-c2noc(CN3CCCC(C(=O)NCc4cccc(CN5CCc6ccccc6C5)c4)C3)n2)c1. The second-order valence-electron chi connectivity index (χ2n) is 11.2. The van der Waals surface area contributed by atoms with Crippen molar-refractivity contribution >= 4 is 5.91 Å². The van der Waals surface area contributed by atoms with Crippen molar-refractivity contribution in [2.75, 3.05) is 19.6 Å². The number of amides is 1. The van der Waals surface area contributed by atoms with E-state index in [1.54, 1.807) is 0 Å². The summed E-state index contributed by atoms with van der Waals surface area (Å²) in [5, 5.41) is 7.37. The van der Waals surface area contributed by atoms with Crippen LogP contribution >= 0.6 is 0 Å². The molecule has 6 rings (SSSR count). The largest absolute Gasteiger partial charge is 0.352 e. The van der Waals surface area contributed by atoms with Crippen molar-refractivity contribution in [3.8, 4) is 11.4 Å². The minimum atomic E-state index is -0.0375. The second-order valence-corrected chi connectivity index (χ2v) is 11.2. The number of aromatic nitrogens is 2. The van der Waals surface area contributed by atoms with Crippen LogP contribution in [-0.4, -0.2) is 45.5 Å². The second kappa shape index (κ2) is 12.1. The molecule has 1 unspecified atom stereocenters. The van der Waals surface area contributed by atoms with Crippen LogP contribution < -0.4 is 5.32 Å². The Kier molecular flexibility index (Phi) is 8.02. The van der Waals surface area contributed by atoms with Gasteiger partial charge in [-0.05, 0) is 61.1 Å². The zero-order chi connectivity index (χ0) is 27.3. The number of benzene rings is 3. The molecule has 1 saturated heterocycles. The predicted molar refractivity (Wildman–Crippen MR) is 155 cm³/mol. The molecule has 3 heterocycles. The number of fused-ring (bicyclic) bond motifs is 1. The zero-order valence-corrected chi connectivity index (χ0v) is 23.2. The fourth-order valence-corrected chi connectivity index (χ4v) is 5.94. The first-order valence-corrected chi connectivity index (χ1v) is 14.4. The predicted octanol–water partition coefficient (Wildman–Crippen LogP) is 5.13. The van der Waals surface area contributed by atoms with Crippen LogP contribution in [0.5, 0.6) is 0 Å². The molecule has 0 aliphatic carbocycles. The number of nitrogens with zero attached hydrogens (tertiary/aromatic N) is 4. The summed E-state index contributed by atoms with van der Waals surface area (Å²) in [6, 6.07) is 25.5. The summed E-state index contributed by atoms with van der Waals surface area (Å²) in [7, 11) is 0. The van der Waals surface area contributed by atoms with Gasteiger partial charge in [0.15, 0.2) is 0 Å². The lowest BCUT2D eigenvalue weighted by atomic mass is 9.97. The van der Waals surface area contributed by atoms with Gasteiger partial charge in [0.25, 0.3) is 0 Å². The number of hydrogen-bond donors (Lipinski definition) is 1. The topological polar surface area (TPSA) is 74.5 Å². The molecule has 0 bridgehead atoms.